The second-order valence-electron chi connectivity index (χ2n) is 4.67. The highest BCUT2D eigenvalue weighted by atomic mass is 16.5. The van der Waals surface area contributed by atoms with E-state index in [2.05, 4.69) is 11.4 Å². The van der Waals surface area contributed by atoms with Gasteiger partial charge >= 0.3 is 0 Å². The van der Waals surface area contributed by atoms with Crippen molar-refractivity contribution in [1.82, 2.24) is 0 Å². The van der Waals surface area contributed by atoms with Crippen LogP contribution in [0, 0.1) is 11.3 Å². The third kappa shape index (κ3) is 3.46. The van der Waals surface area contributed by atoms with Crippen LogP contribution in [0.4, 0.5) is 5.69 Å². The standard InChI is InChI=1S/C17H18N2O2/c1-12(14-6-4-5-13(9-14)11-18)19-15-7-8-16(20-2)17(10-15)21-3/h4-10,12,19H,1-3H3. The van der Waals surface area contributed by atoms with E-state index in [0.29, 0.717) is 17.1 Å². The van der Waals surface area contributed by atoms with E-state index in [1.807, 2.05) is 43.3 Å². The van der Waals surface area contributed by atoms with Gasteiger partial charge in [0.2, 0.25) is 0 Å². The molecule has 0 amide bonds. The summed E-state index contributed by atoms with van der Waals surface area (Å²) in [5.41, 5.74) is 2.65. The Balaban J connectivity index is 2.19. The summed E-state index contributed by atoms with van der Waals surface area (Å²) in [5, 5.41) is 12.3. The quantitative estimate of drug-likeness (QED) is 0.907. The molecule has 0 saturated carbocycles. The van der Waals surface area contributed by atoms with E-state index in [0.717, 1.165) is 11.3 Å². The zero-order chi connectivity index (χ0) is 15.2. The predicted molar refractivity (Wildman–Crippen MR) is 82.7 cm³/mol. The minimum Gasteiger partial charge on any atom is -0.493 e. The molecule has 108 valence electrons. The smallest absolute Gasteiger partial charge is 0.162 e. The largest absolute Gasteiger partial charge is 0.493 e. The van der Waals surface area contributed by atoms with Crippen LogP contribution in [0.25, 0.3) is 0 Å². The van der Waals surface area contributed by atoms with Gasteiger partial charge in [-0.1, -0.05) is 12.1 Å². The number of ether oxygens (including phenoxy) is 2. The second kappa shape index (κ2) is 6.67. The maximum absolute atomic E-state index is 8.96. The van der Waals surface area contributed by atoms with Gasteiger partial charge in [0.15, 0.2) is 11.5 Å². The van der Waals surface area contributed by atoms with E-state index in [4.69, 9.17) is 14.7 Å². The Morgan fingerprint density at radius 3 is 2.48 bits per heavy atom. The Morgan fingerprint density at radius 1 is 1.05 bits per heavy atom. The van der Waals surface area contributed by atoms with Crippen LogP contribution in [0.3, 0.4) is 0 Å². The van der Waals surface area contributed by atoms with Crippen molar-refractivity contribution in [3.8, 4) is 17.6 Å². The number of anilines is 1. The van der Waals surface area contributed by atoms with Crippen molar-refractivity contribution in [3.63, 3.8) is 0 Å². The lowest BCUT2D eigenvalue weighted by molar-refractivity contribution is 0.355. The highest BCUT2D eigenvalue weighted by molar-refractivity contribution is 5.55. The SMILES string of the molecule is COc1ccc(NC(C)c2cccc(C#N)c2)cc1OC. The van der Waals surface area contributed by atoms with Gasteiger partial charge in [-0.05, 0) is 36.8 Å². The van der Waals surface area contributed by atoms with Crippen molar-refractivity contribution in [2.24, 2.45) is 0 Å². The van der Waals surface area contributed by atoms with Crippen molar-refractivity contribution in [2.75, 3.05) is 19.5 Å². The molecule has 0 radical (unpaired) electrons. The Kier molecular flexibility index (Phi) is 4.68. The van der Waals surface area contributed by atoms with E-state index in [1.165, 1.54) is 0 Å². The minimum atomic E-state index is 0.0800. The number of methoxy groups -OCH3 is 2. The molecule has 0 saturated heterocycles. The molecule has 2 aromatic carbocycles. The predicted octanol–water partition coefficient (Wildman–Crippen LogP) is 3.75. The zero-order valence-electron chi connectivity index (χ0n) is 12.4. The van der Waals surface area contributed by atoms with E-state index in [1.54, 1.807) is 20.3 Å². The average Bonchev–Trinajstić information content (AvgIpc) is 2.54. The molecule has 2 rings (SSSR count). The van der Waals surface area contributed by atoms with Gasteiger partial charge in [0, 0.05) is 17.8 Å². The van der Waals surface area contributed by atoms with Gasteiger partial charge in [-0.2, -0.15) is 5.26 Å². The molecular weight excluding hydrogens is 264 g/mol. The van der Waals surface area contributed by atoms with Crippen molar-refractivity contribution < 1.29 is 9.47 Å². The first-order valence-corrected chi connectivity index (χ1v) is 6.66. The Labute approximate surface area is 124 Å². The summed E-state index contributed by atoms with van der Waals surface area (Å²) in [7, 11) is 3.22. The van der Waals surface area contributed by atoms with Crippen molar-refractivity contribution in [3.05, 3.63) is 53.6 Å². The van der Waals surface area contributed by atoms with Crippen molar-refractivity contribution in [1.29, 1.82) is 5.26 Å². The normalized spacial score (nSPS) is 11.3. The molecule has 0 bridgehead atoms. The van der Waals surface area contributed by atoms with Crippen LogP contribution in [-0.4, -0.2) is 14.2 Å². The van der Waals surface area contributed by atoms with Crippen molar-refractivity contribution in [2.45, 2.75) is 13.0 Å². The number of benzene rings is 2. The third-order valence-electron chi connectivity index (χ3n) is 3.28. The zero-order valence-corrected chi connectivity index (χ0v) is 12.4. The maximum atomic E-state index is 8.96. The number of nitrogens with one attached hydrogen (secondary N) is 1. The molecule has 1 atom stereocenters. The van der Waals surface area contributed by atoms with Crippen LogP contribution in [-0.2, 0) is 0 Å². The molecule has 0 aliphatic carbocycles. The lowest BCUT2D eigenvalue weighted by Gasteiger charge is -2.17. The molecule has 21 heavy (non-hydrogen) atoms. The molecule has 4 nitrogen and oxygen atoms in total. The number of nitrogens with zero attached hydrogens (tertiary/aromatic N) is 1. The number of nitriles is 1. The van der Waals surface area contributed by atoms with Crippen LogP contribution in [0.2, 0.25) is 0 Å². The fourth-order valence-corrected chi connectivity index (χ4v) is 2.14. The molecule has 0 aliphatic heterocycles. The molecule has 1 unspecified atom stereocenters. The topological polar surface area (TPSA) is 54.3 Å². The first kappa shape index (κ1) is 14.7. The molecule has 0 heterocycles. The van der Waals surface area contributed by atoms with E-state index < -0.39 is 0 Å². The summed E-state index contributed by atoms with van der Waals surface area (Å²) in [6, 6.07) is 15.5. The first-order chi connectivity index (χ1) is 10.2. The van der Waals surface area contributed by atoms with Crippen LogP contribution >= 0.6 is 0 Å². The van der Waals surface area contributed by atoms with E-state index in [-0.39, 0.29) is 6.04 Å². The molecule has 0 aliphatic rings. The van der Waals surface area contributed by atoms with Crippen molar-refractivity contribution >= 4 is 5.69 Å². The summed E-state index contributed by atoms with van der Waals surface area (Å²) in [4.78, 5) is 0. The van der Waals surface area contributed by atoms with Gasteiger partial charge in [-0.3, -0.25) is 0 Å². The summed E-state index contributed by atoms with van der Waals surface area (Å²) < 4.78 is 10.5. The van der Waals surface area contributed by atoms with Gasteiger partial charge in [0.25, 0.3) is 0 Å². The fraction of sp³-hybridized carbons (Fsp3) is 0.235. The monoisotopic (exact) mass is 282 g/mol. The first-order valence-electron chi connectivity index (χ1n) is 6.66. The minimum absolute atomic E-state index is 0.0800. The van der Waals surface area contributed by atoms with Crippen LogP contribution in [0.5, 0.6) is 11.5 Å². The maximum Gasteiger partial charge on any atom is 0.162 e. The van der Waals surface area contributed by atoms with Gasteiger partial charge < -0.3 is 14.8 Å². The number of hydrogen-bond donors (Lipinski definition) is 1. The van der Waals surface area contributed by atoms with Gasteiger partial charge in [0.05, 0.1) is 25.9 Å². The summed E-state index contributed by atoms with van der Waals surface area (Å²) in [5.74, 6) is 1.38. The van der Waals surface area contributed by atoms with E-state index in [9.17, 15) is 0 Å². The number of rotatable bonds is 5. The lowest BCUT2D eigenvalue weighted by Crippen LogP contribution is -2.07. The third-order valence-corrected chi connectivity index (χ3v) is 3.28. The summed E-state index contributed by atoms with van der Waals surface area (Å²) >= 11 is 0. The molecule has 0 fully saturated rings. The molecule has 1 N–H and O–H groups in total. The summed E-state index contributed by atoms with van der Waals surface area (Å²) in [6.07, 6.45) is 0. The van der Waals surface area contributed by atoms with Crippen LogP contribution < -0.4 is 14.8 Å². The second-order valence-corrected chi connectivity index (χ2v) is 4.67. The molecule has 2 aromatic rings. The van der Waals surface area contributed by atoms with Gasteiger partial charge in [-0.25, -0.2) is 0 Å². The molecule has 0 spiro atoms. The number of hydrogen-bond acceptors (Lipinski definition) is 4. The fourth-order valence-electron chi connectivity index (χ4n) is 2.14. The van der Waals surface area contributed by atoms with Gasteiger partial charge in [0.1, 0.15) is 0 Å². The summed E-state index contributed by atoms with van der Waals surface area (Å²) in [6.45, 7) is 2.05. The Hall–Kier alpha value is -2.67. The molecule has 4 heteroatoms. The average molecular weight is 282 g/mol. The van der Waals surface area contributed by atoms with Crippen LogP contribution in [0.1, 0.15) is 24.1 Å². The van der Waals surface area contributed by atoms with Crippen LogP contribution in [0.15, 0.2) is 42.5 Å². The molecule has 0 aromatic heterocycles. The Bertz CT molecular complexity index is 662. The van der Waals surface area contributed by atoms with Gasteiger partial charge in [-0.15, -0.1) is 0 Å². The van der Waals surface area contributed by atoms with E-state index >= 15 is 0 Å². The molecular formula is C17H18N2O2. The Morgan fingerprint density at radius 2 is 1.81 bits per heavy atom. The highest BCUT2D eigenvalue weighted by Crippen LogP contribution is 2.31. The lowest BCUT2D eigenvalue weighted by atomic mass is 10.1. The highest BCUT2D eigenvalue weighted by Gasteiger charge is 2.09.